The molecule has 23 heavy (non-hydrogen) atoms. The number of nitriles is 1. The summed E-state index contributed by atoms with van der Waals surface area (Å²) in [5, 5.41) is 12.0. The Balaban J connectivity index is 1.58. The number of piperazine rings is 1. The molecule has 1 saturated heterocycles. The first-order valence-electron chi connectivity index (χ1n) is 7.64. The van der Waals surface area contributed by atoms with Gasteiger partial charge in [-0.3, -0.25) is 4.90 Å². The van der Waals surface area contributed by atoms with Crippen LogP contribution in [0.15, 0.2) is 35.8 Å². The van der Waals surface area contributed by atoms with Crippen LogP contribution in [0, 0.1) is 23.2 Å². The summed E-state index contributed by atoms with van der Waals surface area (Å²) in [5.41, 5.74) is 1.56. The molecule has 1 aliphatic heterocycles. The first-order chi connectivity index (χ1) is 11.3. The Kier molecular flexibility index (Phi) is 4.92. The fraction of sp³-hybridized carbons (Fsp3) is 0.333. The molecule has 1 unspecified atom stereocenters. The molecule has 116 valence electrons. The molecule has 0 amide bonds. The monoisotopic (exact) mass is 322 g/mol. The number of rotatable bonds is 2. The molecular formula is C18H18N4S. The van der Waals surface area contributed by atoms with E-state index in [1.807, 2.05) is 29.8 Å². The van der Waals surface area contributed by atoms with Gasteiger partial charge in [0, 0.05) is 42.8 Å². The molecule has 0 spiro atoms. The van der Waals surface area contributed by atoms with Gasteiger partial charge < -0.3 is 4.90 Å². The van der Waals surface area contributed by atoms with Crippen molar-refractivity contribution >= 4 is 16.5 Å². The van der Waals surface area contributed by atoms with E-state index in [2.05, 4.69) is 39.6 Å². The number of nitrogens with zero attached hydrogens (tertiary/aromatic N) is 4. The molecule has 2 heterocycles. The lowest BCUT2D eigenvalue weighted by molar-refractivity contribution is 0.213. The third kappa shape index (κ3) is 3.90. The van der Waals surface area contributed by atoms with E-state index >= 15 is 0 Å². The zero-order valence-corrected chi connectivity index (χ0v) is 13.9. The number of thiazole rings is 1. The van der Waals surface area contributed by atoms with E-state index in [-0.39, 0.29) is 0 Å². The molecule has 3 rings (SSSR count). The van der Waals surface area contributed by atoms with Crippen LogP contribution >= 0.6 is 11.3 Å². The minimum absolute atomic E-state index is 0.451. The minimum Gasteiger partial charge on any atom is -0.345 e. The molecule has 0 N–H and O–H groups in total. The zero-order valence-electron chi connectivity index (χ0n) is 13.1. The quantitative estimate of drug-likeness (QED) is 0.797. The second-order valence-electron chi connectivity index (χ2n) is 5.57. The predicted octanol–water partition coefficient (Wildman–Crippen LogP) is 2.58. The number of anilines is 1. The summed E-state index contributed by atoms with van der Waals surface area (Å²) >= 11 is 1.69. The first-order valence-corrected chi connectivity index (χ1v) is 8.52. The largest absolute Gasteiger partial charge is 0.345 e. The Bertz CT molecular complexity index is 751. The van der Waals surface area contributed by atoms with Gasteiger partial charge in [-0.1, -0.05) is 17.9 Å². The van der Waals surface area contributed by atoms with Crippen LogP contribution in [0.1, 0.15) is 18.1 Å². The van der Waals surface area contributed by atoms with Crippen LogP contribution in [0.2, 0.25) is 0 Å². The molecule has 0 radical (unpaired) electrons. The van der Waals surface area contributed by atoms with Crippen molar-refractivity contribution in [2.45, 2.75) is 13.0 Å². The summed E-state index contributed by atoms with van der Waals surface area (Å²) < 4.78 is 0. The molecule has 4 nitrogen and oxygen atoms in total. The van der Waals surface area contributed by atoms with Crippen molar-refractivity contribution in [2.75, 3.05) is 31.1 Å². The van der Waals surface area contributed by atoms with Gasteiger partial charge in [-0.05, 0) is 25.1 Å². The second kappa shape index (κ2) is 7.28. The van der Waals surface area contributed by atoms with Crippen LogP contribution < -0.4 is 4.90 Å². The molecule has 1 aliphatic rings. The first kappa shape index (κ1) is 15.6. The number of hydrogen-bond donors (Lipinski definition) is 0. The fourth-order valence-corrected chi connectivity index (χ4v) is 3.37. The van der Waals surface area contributed by atoms with E-state index < -0.39 is 0 Å². The Hall–Kier alpha value is -2.34. The van der Waals surface area contributed by atoms with Crippen LogP contribution in [0.3, 0.4) is 0 Å². The summed E-state index contributed by atoms with van der Waals surface area (Å²) in [6.07, 6.45) is 1.86. The number of benzene rings is 1. The topological polar surface area (TPSA) is 43.2 Å². The van der Waals surface area contributed by atoms with Crippen molar-refractivity contribution in [1.82, 2.24) is 9.88 Å². The lowest BCUT2D eigenvalue weighted by Gasteiger charge is -2.38. The van der Waals surface area contributed by atoms with Crippen molar-refractivity contribution in [3.05, 3.63) is 47.0 Å². The highest BCUT2D eigenvalue weighted by Crippen LogP contribution is 2.21. The van der Waals surface area contributed by atoms with Gasteiger partial charge in [-0.25, -0.2) is 4.98 Å². The van der Waals surface area contributed by atoms with Crippen molar-refractivity contribution in [3.8, 4) is 17.9 Å². The molecule has 0 saturated carbocycles. The average molecular weight is 322 g/mol. The molecule has 0 bridgehead atoms. The molecule has 1 aromatic heterocycles. The molecule has 1 atom stereocenters. The standard InChI is InChI=1S/C18H18N4S/c1-15-14-22(18-20-7-11-23-18)10-9-21(15)8-3-6-16-4-2-5-17(12-16)13-19/h2,4-5,7,11-12,15H,8-10,14H2,1H3. The highest BCUT2D eigenvalue weighted by molar-refractivity contribution is 7.13. The smallest absolute Gasteiger partial charge is 0.185 e. The van der Waals surface area contributed by atoms with Gasteiger partial charge in [0.1, 0.15) is 0 Å². The summed E-state index contributed by atoms with van der Waals surface area (Å²) in [6.45, 7) is 5.96. The van der Waals surface area contributed by atoms with Crippen LogP contribution in [0.4, 0.5) is 5.13 Å². The minimum atomic E-state index is 0.451. The van der Waals surface area contributed by atoms with E-state index in [1.54, 1.807) is 17.4 Å². The van der Waals surface area contributed by atoms with E-state index in [0.29, 0.717) is 11.6 Å². The van der Waals surface area contributed by atoms with Gasteiger partial charge in [0.05, 0.1) is 18.2 Å². The summed E-state index contributed by atoms with van der Waals surface area (Å²) in [4.78, 5) is 9.13. The lowest BCUT2D eigenvalue weighted by Crippen LogP contribution is -2.52. The Labute approximate surface area is 141 Å². The summed E-state index contributed by atoms with van der Waals surface area (Å²) in [5.74, 6) is 6.40. The van der Waals surface area contributed by atoms with Crippen molar-refractivity contribution in [2.24, 2.45) is 0 Å². The lowest BCUT2D eigenvalue weighted by atomic mass is 10.1. The van der Waals surface area contributed by atoms with Crippen molar-refractivity contribution in [1.29, 1.82) is 5.26 Å². The molecule has 5 heteroatoms. The maximum Gasteiger partial charge on any atom is 0.185 e. The van der Waals surface area contributed by atoms with Gasteiger partial charge in [-0.2, -0.15) is 5.26 Å². The zero-order chi connectivity index (χ0) is 16.1. The molecule has 1 aromatic carbocycles. The maximum atomic E-state index is 8.91. The van der Waals surface area contributed by atoms with Crippen LogP contribution in [0.5, 0.6) is 0 Å². The molecule has 1 fully saturated rings. The maximum absolute atomic E-state index is 8.91. The Morgan fingerprint density at radius 1 is 1.35 bits per heavy atom. The van der Waals surface area contributed by atoms with Gasteiger partial charge in [0.25, 0.3) is 0 Å². The predicted molar refractivity (Wildman–Crippen MR) is 93.4 cm³/mol. The van der Waals surface area contributed by atoms with Gasteiger partial charge in [0.2, 0.25) is 0 Å². The number of aromatic nitrogens is 1. The van der Waals surface area contributed by atoms with Crippen LogP contribution in [-0.2, 0) is 0 Å². The third-order valence-electron chi connectivity index (χ3n) is 3.96. The van der Waals surface area contributed by atoms with Crippen LogP contribution in [-0.4, -0.2) is 42.1 Å². The van der Waals surface area contributed by atoms with E-state index in [1.165, 1.54) is 0 Å². The Morgan fingerprint density at radius 2 is 2.22 bits per heavy atom. The Morgan fingerprint density at radius 3 is 2.96 bits per heavy atom. The highest BCUT2D eigenvalue weighted by atomic mass is 32.1. The number of hydrogen-bond acceptors (Lipinski definition) is 5. The molecule has 2 aromatic rings. The van der Waals surface area contributed by atoms with Crippen LogP contribution in [0.25, 0.3) is 0 Å². The SMILES string of the molecule is CC1CN(c2nccs2)CCN1CC#Cc1cccc(C#N)c1. The molecular weight excluding hydrogens is 304 g/mol. The van der Waals surface area contributed by atoms with Gasteiger partial charge >= 0.3 is 0 Å². The van der Waals surface area contributed by atoms with E-state index in [0.717, 1.165) is 36.9 Å². The van der Waals surface area contributed by atoms with Gasteiger partial charge in [-0.15, -0.1) is 11.3 Å². The van der Waals surface area contributed by atoms with E-state index in [4.69, 9.17) is 5.26 Å². The van der Waals surface area contributed by atoms with E-state index in [9.17, 15) is 0 Å². The normalized spacial score (nSPS) is 18.1. The summed E-state index contributed by atoms with van der Waals surface area (Å²) in [6, 6.07) is 10.0. The molecule has 0 aliphatic carbocycles. The third-order valence-corrected chi connectivity index (χ3v) is 4.79. The van der Waals surface area contributed by atoms with Crippen molar-refractivity contribution < 1.29 is 0 Å². The fourth-order valence-electron chi connectivity index (χ4n) is 2.69. The second-order valence-corrected chi connectivity index (χ2v) is 6.45. The van der Waals surface area contributed by atoms with Crippen molar-refractivity contribution in [3.63, 3.8) is 0 Å². The average Bonchev–Trinajstić information content (AvgIpc) is 3.11. The summed E-state index contributed by atoms with van der Waals surface area (Å²) in [7, 11) is 0. The van der Waals surface area contributed by atoms with Gasteiger partial charge in [0.15, 0.2) is 5.13 Å². The highest BCUT2D eigenvalue weighted by Gasteiger charge is 2.24.